The third kappa shape index (κ3) is 4.79. The SMILES string of the molecule is [2H]c1c([2H])c([2H])c2c(sc3c([2H])c(-c4nc(-c5ccccc5)nc(-c5cccc(-c6ccccc6)c5)n4)c([2H])c([2H])c32)c1-c1cccc2c1oc1ccccc12. The van der Waals surface area contributed by atoms with E-state index in [0.29, 0.717) is 48.9 Å². The summed E-state index contributed by atoms with van der Waals surface area (Å²) < 4.78 is 62.6. The second-order valence-electron chi connectivity index (χ2n) is 11.9. The van der Waals surface area contributed by atoms with Gasteiger partial charge in [0.25, 0.3) is 0 Å². The van der Waals surface area contributed by atoms with Crippen LogP contribution in [0.25, 0.3) is 98.5 Å². The molecule has 3 aromatic heterocycles. The number of benzene rings is 7. The Hall–Kier alpha value is -6.43. The second-order valence-corrected chi connectivity index (χ2v) is 12.9. The highest BCUT2D eigenvalue weighted by Crippen LogP contribution is 2.44. The summed E-state index contributed by atoms with van der Waals surface area (Å²) in [6.45, 7) is 0. The molecule has 0 aliphatic carbocycles. The van der Waals surface area contributed by atoms with Gasteiger partial charge in [-0.05, 0) is 29.3 Å². The molecule has 0 saturated heterocycles. The number of para-hydroxylation sites is 2. The van der Waals surface area contributed by atoms with E-state index < -0.39 is 0 Å². The third-order valence-corrected chi connectivity index (χ3v) is 9.98. The molecular formula is C45H27N3OS. The van der Waals surface area contributed by atoms with Gasteiger partial charge in [-0.1, -0.05) is 145 Å². The van der Waals surface area contributed by atoms with Gasteiger partial charge < -0.3 is 4.42 Å². The predicted molar refractivity (Wildman–Crippen MR) is 207 cm³/mol. The lowest BCUT2D eigenvalue weighted by Gasteiger charge is -2.10. The lowest BCUT2D eigenvalue weighted by atomic mass is 10.00. The first-order chi connectivity index (χ1) is 27.3. The molecule has 50 heavy (non-hydrogen) atoms. The number of rotatable bonds is 5. The first-order valence-corrected chi connectivity index (χ1v) is 16.9. The Morgan fingerprint density at radius 3 is 1.98 bits per heavy atom. The van der Waals surface area contributed by atoms with E-state index in [-0.39, 0.29) is 58.4 Å². The molecule has 0 radical (unpaired) electrons. The summed E-state index contributed by atoms with van der Waals surface area (Å²) in [4.78, 5) is 14.6. The third-order valence-electron chi connectivity index (χ3n) is 8.85. The molecule has 0 saturated carbocycles. The maximum Gasteiger partial charge on any atom is 0.164 e. The van der Waals surface area contributed by atoms with Crippen molar-refractivity contribution in [1.29, 1.82) is 0 Å². The van der Waals surface area contributed by atoms with Crippen LogP contribution in [0.2, 0.25) is 0 Å². The average molecular weight is 664 g/mol. The molecule has 3 heterocycles. The monoisotopic (exact) mass is 663 g/mol. The van der Waals surface area contributed by atoms with Gasteiger partial charge in [0.05, 0.1) is 8.22 Å². The minimum absolute atomic E-state index is 0.0544. The van der Waals surface area contributed by atoms with Crippen molar-refractivity contribution < 1.29 is 12.6 Å². The quantitative estimate of drug-likeness (QED) is 0.184. The Bertz CT molecular complexity index is 3220. The Labute approximate surface area is 300 Å². The minimum Gasteiger partial charge on any atom is -0.455 e. The maximum absolute atomic E-state index is 9.63. The molecule has 234 valence electrons. The van der Waals surface area contributed by atoms with Gasteiger partial charge in [-0.3, -0.25) is 0 Å². The molecule has 0 unspecified atom stereocenters. The molecular weight excluding hydrogens is 631 g/mol. The maximum atomic E-state index is 9.63. The number of nitrogens with zero attached hydrogens (tertiary/aromatic N) is 3. The van der Waals surface area contributed by atoms with Gasteiger partial charge in [0.2, 0.25) is 0 Å². The van der Waals surface area contributed by atoms with Crippen molar-refractivity contribution in [1.82, 2.24) is 15.0 Å². The van der Waals surface area contributed by atoms with Crippen LogP contribution in [0.4, 0.5) is 0 Å². The fourth-order valence-electron chi connectivity index (χ4n) is 6.46. The van der Waals surface area contributed by atoms with Gasteiger partial charge in [0.15, 0.2) is 17.5 Å². The number of aromatic nitrogens is 3. The highest BCUT2D eigenvalue weighted by Gasteiger charge is 2.18. The first-order valence-electron chi connectivity index (χ1n) is 19.1. The van der Waals surface area contributed by atoms with E-state index in [9.17, 15) is 4.11 Å². The summed E-state index contributed by atoms with van der Waals surface area (Å²) in [5.41, 5.74) is 5.66. The van der Waals surface area contributed by atoms with E-state index in [1.54, 1.807) is 0 Å². The summed E-state index contributed by atoms with van der Waals surface area (Å²) >= 11 is 1.17. The van der Waals surface area contributed by atoms with Crippen LogP contribution in [0.5, 0.6) is 0 Å². The molecule has 0 fully saturated rings. The molecule has 0 spiro atoms. The summed E-state index contributed by atoms with van der Waals surface area (Å²) in [6.07, 6.45) is 0. The second kappa shape index (κ2) is 11.6. The van der Waals surface area contributed by atoms with Crippen molar-refractivity contribution in [2.24, 2.45) is 0 Å². The number of hydrogen-bond acceptors (Lipinski definition) is 5. The summed E-state index contributed by atoms with van der Waals surface area (Å²) in [6, 6.07) is 39.3. The lowest BCUT2D eigenvalue weighted by Crippen LogP contribution is -2.00. The molecule has 7 aromatic carbocycles. The van der Waals surface area contributed by atoms with Crippen LogP contribution in [-0.4, -0.2) is 15.0 Å². The molecule has 10 aromatic rings. The first kappa shape index (κ1) is 23.0. The molecule has 0 bridgehead atoms. The van der Waals surface area contributed by atoms with Crippen LogP contribution in [0.15, 0.2) is 168 Å². The molecule has 0 aliphatic heterocycles. The van der Waals surface area contributed by atoms with E-state index in [2.05, 4.69) is 0 Å². The van der Waals surface area contributed by atoms with E-state index in [0.717, 1.165) is 27.5 Å². The average Bonchev–Trinajstić information content (AvgIpc) is 3.83. The molecule has 0 atom stereocenters. The Morgan fingerprint density at radius 2 is 1.14 bits per heavy atom. The van der Waals surface area contributed by atoms with Gasteiger partial charge in [-0.25, -0.2) is 15.0 Å². The fourth-order valence-corrected chi connectivity index (χ4v) is 7.59. The van der Waals surface area contributed by atoms with E-state index in [4.69, 9.17) is 23.5 Å². The zero-order valence-corrected chi connectivity index (χ0v) is 27.1. The molecule has 10 rings (SSSR count). The van der Waals surface area contributed by atoms with E-state index >= 15 is 0 Å². The molecule has 0 aliphatic rings. The van der Waals surface area contributed by atoms with Crippen LogP contribution in [0.3, 0.4) is 0 Å². The van der Waals surface area contributed by atoms with Crippen LogP contribution in [-0.2, 0) is 0 Å². The zero-order valence-electron chi connectivity index (χ0n) is 32.3. The van der Waals surface area contributed by atoms with E-state index in [1.165, 1.54) is 11.3 Å². The fraction of sp³-hybridized carbons (Fsp3) is 0. The highest BCUT2D eigenvalue weighted by atomic mass is 32.1. The van der Waals surface area contributed by atoms with Crippen LogP contribution >= 0.6 is 11.3 Å². The Kier molecular flexibility index (Phi) is 5.35. The van der Waals surface area contributed by atoms with Crippen LogP contribution in [0.1, 0.15) is 8.22 Å². The number of hydrogen-bond donors (Lipinski definition) is 0. The smallest absolute Gasteiger partial charge is 0.164 e. The molecule has 0 N–H and O–H groups in total. The highest BCUT2D eigenvalue weighted by molar-refractivity contribution is 7.26. The topological polar surface area (TPSA) is 51.8 Å². The summed E-state index contributed by atoms with van der Waals surface area (Å²) in [5.74, 6) is 0.771. The van der Waals surface area contributed by atoms with Crippen molar-refractivity contribution in [3.63, 3.8) is 0 Å². The van der Waals surface area contributed by atoms with Gasteiger partial charge in [0, 0.05) is 58.8 Å². The van der Waals surface area contributed by atoms with Gasteiger partial charge in [-0.15, -0.1) is 11.3 Å². The van der Waals surface area contributed by atoms with Gasteiger partial charge in [-0.2, -0.15) is 0 Å². The van der Waals surface area contributed by atoms with Crippen molar-refractivity contribution in [3.05, 3.63) is 164 Å². The normalized spacial score (nSPS) is 13.3. The van der Waals surface area contributed by atoms with E-state index in [1.807, 2.05) is 127 Å². The van der Waals surface area contributed by atoms with Crippen molar-refractivity contribution >= 4 is 53.4 Å². The number of thiophene rings is 1. The summed E-state index contributed by atoms with van der Waals surface area (Å²) in [7, 11) is 0. The van der Waals surface area contributed by atoms with Crippen LogP contribution in [0, 0.1) is 0 Å². The van der Waals surface area contributed by atoms with Crippen molar-refractivity contribution in [2.45, 2.75) is 0 Å². The Morgan fingerprint density at radius 1 is 0.480 bits per heavy atom. The molecule has 4 nitrogen and oxygen atoms in total. The standard InChI is InChI=1S/C45H27N3OS/c1-3-12-28(13-4-1)30-16-9-17-31(26-30)44-46-43(29-14-5-2-6-15-29)47-45(48-44)32-24-25-34-37-21-11-22-38(42(37)50-40(34)27-32)36-20-10-19-35-33-18-7-8-23-39(33)49-41(35)36/h1-27H/i11D,21D,22D,24D,25D,27D. The molecule has 0 amide bonds. The van der Waals surface area contributed by atoms with Crippen LogP contribution < -0.4 is 0 Å². The number of fused-ring (bicyclic) bond motifs is 6. The minimum atomic E-state index is -0.311. The van der Waals surface area contributed by atoms with Gasteiger partial charge in [0.1, 0.15) is 11.2 Å². The Balaban J connectivity index is 1.24. The van der Waals surface area contributed by atoms with Gasteiger partial charge >= 0.3 is 0 Å². The molecule has 5 heteroatoms. The predicted octanol–water partition coefficient (Wildman–Crippen LogP) is 12.5. The van der Waals surface area contributed by atoms with Crippen molar-refractivity contribution in [3.8, 4) is 56.4 Å². The lowest BCUT2D eigenvalue weighted by molar-refractivity contribution is 0.670. The largest absolute Gasteiger partial charge is 0.455 e. The van der Waals surface area contributed by atoms with Crippen molar-refractivity contribution in [2.75, 3.05) is 0 Å². The number of furan rings is 1. The summed E-state index contributed by atoms with van der Waals surface area (Å²) in [5, 5.41) is 2.23. The zero-order chi connectivity index (χ0) is 38.2.